The first kappa shape index (κ1) is 16.1. The van der Waals surface area contributed by atoms with Crippen LogP contribution in [0.3, 0.4) is 0 Å². The Morgan fingerprint density at radius 2 is 2.23 bits per heavy atom. The van der Waals surface area contributed by atoms with Crippen LogP contribution in [0.5, 0.6) is 11.5 Å². The Kier molecular flexibility index (Phi) is 4.59. The van der Waals surface area contributed by atoms with Crippen LogP contribution in [0.1, 0.15) is 54.6 Å². The predicted octanol–water partition coefficient (Wildman–Crippen LogP) is 4.17. The second kappa shape index (κ2) is 6.26. The van der Waals surface area contributed by atoms with Crippen LogP contribution in [-0.4, -0.2) is 21.8 Å². The summed E-state index contributed by atoms with van der Waals surface area (Å²) in [5.41, 5.74) is 0.548. The number of aromatic carboxylic acids is 1. The summed E-state index contributed by atoms with van der Waals surface area (Å²) in [6.45, 7) is 7.66. The van der Waals surface area contributed by atoms with E-state index >= 15 is 0 Å². The van der Waals surface area contributed by atoms with Crippen LogP contribution < -0.4 is 4.74 Å². The zero-order valence-corrected chi connectivity index (χ0v) is 13.1. The van der Waals surface area contributed by atoms with E-state index in [0.29, 0.717) is 23.3 Å². The van der Waals surface area contributed by atoms with Gasteiger partial charge in [-0.1, -0.05) is 19.4 Å². The van der Waals surface area contributed by atoms with Gasteiger partial charge in [0.2, 0.25) is 0 Å². The first-order valence-electron chi connectivity index (χ1n) is 7.53. The molecule has 1 unspecified atom stereocenters. The van der Waals surface area contributed by atoms with E-state index in [1.54, 1.807) is 12.1 Å². The summed E-state index contributed by atoms with van der Waals surface area (Å²) in [6, 6.07) is 1.75. The fraction of sp³-hybridized carbons (Fsp3) is 0.389. The molecule has 0 aliphatic carbocycles. The van der Waals surface area contributed by atoms with Crippen LogP contribution >= 0.6 is 0 Å². The van der Waals surface area contributed by atoms with Gasteiger partial charge in [-0.2, -0.15) is 0 Å². The summed E-state index contributed by atoms with van der Waals surface area (Å²) in [5, 5.41) is 19.7. The van der Waals surface area contributed by atoms with E-state index in [9.17, 15) is 15.0 Å². The van der Waals surface area contributed by atoms with Gasteiger partial charge < -0.3 is 14.9 Å². The molecular weight excluding hydrogens is 280 g/mol. The lowest BCUT2D eigenvalue weighted by atomic mass is 9.91. The first-order valence-corrected chi connectivity index (χ1v) is 7.53. The van der Waals surface area contributed by atoms with Crippen LogP contribution in [0.25, 0.3) is 6.08 Å². The van der Waals surface area contributed by atoms with Gasteiger partial charge in [-0.05, 0) is 50.0 Å². The highest BCUT2D eigenvalue weighted by atomic mass is 16.5. The Labute approximate surface area is 130 Å². The Balaban J connectivity index is 2.49. The topological polar surface area (TPSA) is 66.8 Å². The standard InChI is InChI=1S/C18H22O4/c1-4-6-9-18(3)10-8-13-14(22-18)11-12(7-5-2)15(16(13)19)17(20)21/h4,8,10-11,19H,1,5-7,9H2,2-3H3,(H,20,21). The summed E-state index contributed by atoms with van der Waals surface area (Å²) in [4.78, 5) is 11.4. The number of benzene rings is 1. The molecule has 0 saturated carbocycles. The van der Waals surface area contributed by atoms with Crippen molar-refractivity contribution in [3.05, 3.63) is 41.5 Å². The minimum Gasteiger partial charge on any atom is -0.506 e. The minimum atomic E-state index is -1.11. The molecule has 0 aromatic heterocycles. The summed E-state index contributed by atoms with van der Waals surface area (Å²) in [6.07, 6.45) is 8.42. The number of hydrogen-bond donors (Lipinski definition) is 2. The number of aryl methyl sites for hydroxylation is 1. The van der Waals surface area contributed by atoms with Crippen LogP contribution in [0, 0.1) is 0 Å². The number of allylic oxidation sites excluding steroid dienone is 1. The third-order valence-corrected chi connectivity index (χ3v) is 3.91. The lowest BCUT2D eigenvalue weighted by Gasteiger charge is -2.32. The van der Waals surface area contributed by atoms with Crippen molar-refractivity contribution in [2.24, 2.45) is 0 Å². The predicted molar refractivity (Wildman–Crippen MR) is 86.6 cm³/mol. The second-order valence-corrected chi connectivity index (χ2v) is 5.80. The quantitative estimate of drug-likeness (QED) is 0.774. The van der Waals surface area contributed by atoms with Gasteiger partial charge in [0, 0.05) is 0 Å². The molecule has 4 heteroatoms. The van der Waals surface area contributed by atoms with Crippen molar-refractivity contribution in [1.29, 1.82) is 0 Å². The van der Waals surface area contributed by atoms with Crippen molar-refractivity contribution < 1.29 is 19.7 Å². The maximum absolute atomic E-state index is 11.4. The van der Waals surface area contributed by atoms with E-state index in [0.717, 1.165) is 19.3 Å². The minimum absolute atomic E-state index is 0.0245. The molecule has 1 aromatic rings. The molecule has 2 rings (SSSR count). The van der Waals surface area contributed by atoms with Crippen molar-refractivity contribution >= 4 is 12.0 Å². The molecule has 0 saturated heterocycles. The van der Waals surface area contributed by atoms with Crippen LogP contribution in [0.4, 0.5) is 0 Å². The Morgan fingerprint density at radius 3 is 2.82 bits per heavy atom. The Morgan fingerprint density at radius 1 is 1.50 bits per heavy atom. The van der Waals surface area contributed by atoms with Crippen molar-refractivity contribution in [2.75, 3.05) is 0 Å². The maximum atomic E-state index is 11.4. The van der Waals surface area contributed by atoms with E-state index < -0.39 is 11.6 Å². The van der Waals surface area contributed by atoms with Crippen molar-refractivity contribution in [3.63, 3.8) is 0 Å². The molecule has 2 N–H and O–H groups in total. The molecule has 1 heterocycles. The van der Waals surface area contributed by atoms with Gasteiger partial charge in [-0.3, -0.25) is 0 Å². The largest absolute Gasteiger partial charge is 0.506 e. The average molecular weight is 302 g/mol. The lowest BCUT2D eigenvalue weighted by molar-refractivity contribution is 0.0692. The normalized spacial score (nSPS) is 19.4. The Bertz CT molecular complexity index is 630. The fourth-order valence-corrected chi connectivity index (χ4v) is 2.73. The molecule has 4 nitrogen and oxygen atoms in total. The van der Waals surface area contributed by atoms with Gasteiger partial charge in [0.05, 0.1) is 5.56 Å². The van der Waals surface area contributed by atoms with Gasteiger partial charge in [-0.15, -0.1) is 6.58 Å². The number of rotatable bonds is 6. The highest BCUT2D eigenvalue weighted by molar-refractivity contribution is 5.95. The number of carboxylic acids is 1. The third kappa shape index (κ3) is 3.01. The van der Waals surface area contributed by atoms with Gasteiger partial charge in [0.1, 0.15) is 22.7 Å². The lowest BCUT2D eigenvalue weighted by Crippen LogP contribution is -2.32. The SMILES string of the molecule is C=CCCC1(C)C=Cc2c(cc(CCC)c(C(=O)O)c2O)O1. The summed E-state index contributed by atoms with van der Waals surface area (Å²) in [7, 11) is 0. The van der Waals surface area contributed by atoms with Crippen LogP contribution in [-0.2, 0) is 6.42 Å². The number of hydrogen-bond acceptors (Lipinski definition) is 3. The molecule has 0 bridgehead atoms. The summed E-state index contributed by atoms with van der Waals surface area (Å²) >= 11 is 0. The monoisotopic (exact) mass is 302 g/mol. The van der Waals surface area contributed by atoms with Crippen LogP contribution in [0.2, 0.25) is 0 Å². The van der Waals surface area contributed by atoms with Crippen molar-refractivity contribution in [3.8, 4) is 11.5 Å². The second-order valence-electron chi connectivity index (χ2n) is 5.80. The molecule has 0 fully saturated rings. The molecule has 1 aromatic carbocycles. The number of carboxylic acid groups (broad SMARTS) is 1. The van der Waals surface area contributed by atoms with E-state index in [2.05, 4.69) is 6.58 Å². The smallest absolute Gasteiger partial charge is 0.339 e. The van der Waals surface area contributed by atoms with E-state index in [4.69, 9.17) is 4.74 Å². The van der Waals surface area contributed by atoms with Gasteiger partial charge in [-0.25, -0.2) is 4.79 Å². The zero-order chi connectivity index (χ0) is 16.3. The number of carbonyl (C=O) groups is 1. The molecule has 0 radical (unpaired) electrons. The van der Waals surface area contributed by atoms with Gasteiger partial charge >= 0.3 is 5.97 Å². The molecule has 1 atom stereocenters. The van der Waals surface area contributed by atoms with Crippen LogP contribution in [0.15, 0.2) is 24.8 Å². The number of ether oxygens (including phenoxy) is 1. The zero-order valence-electron chi connectivity index (χ0n) is 13.1. The molecule has 0 amide bonds. The fourth-order valence-electron chi connectivity index (χ4n) is 2.73. The van der Waals surface area contributed by atoms with E-state index in [1.807, 2.05) is 26.0 Å². The van der Waals surface area contributed by atoms with E-state index in [1.165, 1.54) is 0 Å². The molecule has 118 valence electrons. The molecule has 22 heavy (non-hydrogen) atoms. The number of phenols is 1. The van der Waals surface area contributed by atoms with Crippen molar-refractivity contribution in [1.82, 2.24) is 0 Å². The third-order valence-electron chi connectivity index (χ3n) is 3.91. The molecule has 1 aliphatic rings. The molecule has 0 spiro atoms. The highest BCUT2D eigenvalue weighted by Gasteiger charge is 2.30. The van der Waals surface area contributed by atoms with Crippen molar-refractivity contribution in [2.45, 2.75) is 45.1 Å². The average Bonchev–Trinajstić information content (AvgIpc) is 2.45. The summed E-state index contributed by atoms with van der Waals surface area (Å²) < 4.78 is 6.04. The highest BCUT2D eigenvalue weighted by Crippen LogP contribution is 2.41. The number of fused-ring (bicyclic) bond motifs is 1. The molecule has 1 aliphatic heterocycles. The first-order chi connectivity index (χ1) is 10.4. The van der Waals surface area contributed by atoms with E-state index in [-0.39, 0.29) is 11.3 Å². The van der Waals surface area contributed by atoms with Gasteiger partial charge in [0.15, 0.2) is 0 Å². The number of aromatic hydroxyl groups is 1. The molecular formula is C18H22O4. The van der Waals surface area contributed by atoms with Gasteiger partial charge in [0.25, 0.3) is 0 Å². The Hall–Kier alpha value is -2.23. The summed E-state index contributed by atoms with van der Waals surface area (Å²) in [5.74, 6) is -0.785. The maximum Gasteiger partial charge on any atom is 0.339 e.